The van der Waals surface area contributed by atoms with E-state index in [1.54, 1.807) is 0 Å². The summed E-state index contributed by atoms with van der Waals surface area (Å²) >= 11 is 0. The van der Waals surface area contributed by atoms with Crippen LogP contribution in [0.25, 0.3) is 0 Å². The number of carbonyl (C=O) groups excluding carboxylic acids is 1. The molecule has 1 atom stereocenters. The Balaban J connectivity index is 0.00000147. The molecule has 1 amide bonds. The molecule has 1 heterocycles. The van der Waals surface area contributed by atoms with Crippen LogP contribution in [-0.2, 0) is 11.2 Å². The molecular weight excluding hydrogens is 272 g/mol. The zero-order valence-corrected chi connectivity index (χ0v) is 12.5. The summed E-state index contributed by atoms with van der Waals surface area (Å²) < 4.78 is 0. The number of carbonyl (C=O) groups is 1. The largest absolute Gasteiger partial charge is 0.354 e. The van der Waals surface area contributed by atoms with Gasteiger partial charge in [-0.15, -0.1) is 12.4 Å². The lowest BCUT2D eigenvalue weighted by atomic mass is 9.94. The molecule has 2 N–H and O–H groups in total. The summed E-state index contributed by atoms with van der Waals surface area (Å²) in [5.41, 5.74) is 2.77. The number of nitrogens with one attached hydrogen (secondary N) is 2. The molecule has 1 fully saturated rings. The van der Waals surface area contributed by atoms with Gasteiger partial charge in [0.2, 0.25) is 5.91 Å². The van der Waals surface area contributed by atoms with Crippen LogP contribution in [0.2, 0.25) is 0 Å². The van der Waals surface area contributed by atoms with Crippen LogP contribution in [0.3, 0.4) is 0 Å². The van der Waals surface area contributed by atoms with Crippen LogP contribution < -0.4 is 10.6 Å². The first-order valence-electron chi connectivity index (χ1n) is 7.43. The number of rotatable bonds is 3. The van der Waals surface area contributed by atoms with E-state index in [2.05, 4.69) is 34.9 Å². The molecule has 0 radical (unpaired) electrons. The van der Waals surface area contributed by atoms with E-state index in [-0.39, 0.29) is 30.3 Å². The third-order valence-corrected chi connectivity index (χ3v) is 4.42. The van der Waals surface area contributed by atoms with Crippen molar-refractivity contribution in [2.45, 2.75) is 38.1 Å². The van der Waals surface area contributed by atoms with Crippen LogP contribution in [0, 0.1) is 5.92 Å². The summed E-state index contributed by atoms with van der Waals surface area (Å²) in [5.74, 6) is 0.515. The summed E-state index contributed by atoms with van der Waals surface area (Å²) in [5, 5.41) is 6.64. The van der Waals surface area contributed by atoms with Gasteiger partial charge in [0, 0.05) is 18.5 Å². The van der Waals surface area contributed by atoms with E-state index in [1.165, 1.54) is 24.0 Å². The second-order valence-corrected chi connectivity index (χ2v) is 5.68. The van der Waals surface area contributed by atoms with Gasteiger partial charge >= 0.3 is 0 Å². The number of hydrogen-bond acceptors (Lipinski definition) is 2. The fourth-order valence-corrected chi connectivity index (χ4v) is 3.31. The normalized spacial score (nSPS) is 21.9. The van der Waals surface area contributed by atoms with E-state index in [1.807, 2.05) is 0 Å². The van der Waals surface area contributed by atoms with E-state index in [4.69, 9.17) is 0 Å². The van der Waals surface area contributed by atoms with E-state index in [0.717, 1.165) is 25.8 Å². The Hall–Kier alpha value is -1.06. The van der Waals surface area contributed by atoms with Gasteiger partial charge in [-0.2, -0.15) is 0 Å². The molecule has 0 spiro atoms. The van der Waals surface area contributed by atoms with Crippen molar-refractivity contribution in [3.8, 4) is 0 Å². The molecule has 1 aliphatic heterocycles. The van der Waals surface area contributed by atoms with Gasteiger partial charge in [0.25, 0.3) is 0 Å². The molecule has 0 saturated heterocycles. The highest BCUT2D eigenvalue weighted by Gasteiger charge is 2.24. The quantitative estimate of drug-likeness (QED) is 0.900. The molecule has 1 aromatic carbocycles. The average molecular weight is 295 g/mol. The van der Waals surface area contributed by atoms with Gasteiger partial charge in [0.05, 0.1) is 0 Å². The maximum absolute atomic E-state index is 12.1. The third-order valence-electron chi connectivity index (χ3n) is 4.42. The first-order valence-corrected chi connectivity index (χ1v) is 7.43. The van der Waals surface area contributed by atoms with Crippen molar-refractivity contribution in [2.75, 3.05) is 13.1 Å². The highest BCUT2D eigenvalue weighted by molar-refractivity contribution is 5.85. The van der Waals surface area contributed by atoms with Crippen molar-refractivity contribution >= 4 is 18.3 Å². The van der Waals surface area contributed by atoms with Crippen LogP contribution in [0.4, 0.5) is 0 Å². The minimum atomic E-state index is 0. The number of hydrogen-bond donors (Lipinski definition) is 2. The van der Waals surface area contributed by atoms with Gasteiger partial charge in [0.15, 0.2) is 0 Å². The smallest absolute Gasteiger partial charge is 0.223 e. The Morgan fingerprint density at radius 1 is 1.25 bits per heavy atom. The van der Waals surface area contributed by atoms with Gasteiger partial charge in [-0.3, -0.25) is 4.79 Å². The van der Waals surface area contributed by atoms with E-state index >= 15 is 0 Å². The fraction of sp³-hybridized carbons (Fsp3) is 0.562. The zero-order chi connectivity index (χ0) is 13.1. The SMILES string of the molecule is Cl.O=C(NCC1NCCc2ccccc21)C1CCCC1. The maximum atomic E-state index is 12.1. The Morgan fingerprint density at radius 2 is 2.00 bits per heavy atom. The second kappa shape index (κ2) is 7.09. The van der Waals surface area contributed by atoms with Gasteiger partial charge in [0.1, 0.15) is 0 Å². The van der Waals surface area contributed by atoms with E-state index in [0.29, 0.717) is 6.54 Å². The van der Waals surface area contributed by atoms with Gasteiger partial charge in [-0.1, -0.05) is 37.1 Å². The number of fused-ring (bicyclic) bond motifs is 1. The molecule has 110 valence electrons. The molecule has 4 heteroatoms. The van der Waals surface area contributed by atoms with Crippen molar-refractivity contribution in [1.82, 2.24) is 10.6 Å². The second-order valence-electron chi connectivity index (χ2n) is 5.68. The van der Waals surface area contributed by atoms with Crippen molar-refractivity contribution in [3.63, 3.8) is 0 Å². The average Bonchev–Trinajstić information content (AvgIpc) is 2.99. The van der Waals surface area contributed by atoms with Crippen LogP contribution >= 0.6 is 12.4 Å². The molecule has 1 saturated carbocycles. The summed E-state index contributed by atoms with van der Waals surface area (Å²) in [6, 6.07) is 8.82. The van der Waals surface area contributed by atoms with Crippen molar-refractivity contribution in [2.24, 2.45) is 5.92 Å². The molecule has 3 rings (SSSR count). The molecule has 2 aliphatic rings. The minimum absolute atomic E-state index is 0. The predicted octanol–water partition coefficient (Wildman–Crippen LogP) is 2.60. The standard InChI is InChI=1S/C16H22N2O.ClH/c19-16(13-6-1-2-7-13)18-11-15-14-8-4-3-5-12(14)9-10-17-15;/h3-5,8,13,15,17H,1-2,6-7,9-11H2,(H,18,19);1H. The summed E-state index contributed by atoms with van der Waals surface area (Å²) in [6.45, 7) is 1.72. The van der Waals surface area contributed by atoms with Crippen LogP contribution in [0.5, 0.6) is 0 Å². The Kier molecular flexibility index (Phi) is 5.44. The summed E-state index contributed by atoms with van der Waals surface area (Å²) in [4.78, 5) is 12.1. The molecule has 1 aromatic rings. The number of benzene rings is 1. The lowest BCUT2D eigenvalue weighted by molar-refractivity contribution is -0.124. The monoisotopic (exact) mass is 294 g/mol. The zero-order valence-electron chi connectivity index (χ0n) is 11.7. The molecule has 0 aromatic heterocycles. The highest BCUT2D eigenvalue weighted by atomic mass is 35.5. The number of halogens is 1. The predicted molar refractivity (Wildman–Crippen MR) is 83.1 cm³/mol. The summed E-state index contributed by atoms with van der Waals surface area (Å²) in [7, 11) is 0. The molecule has 3 nitrogen and oxygen atoms in total. The molecular formula is C16H23ClN2O. The third kappa shape index (κ3) is 3.33. The van der Waals surface area contributed by atoms with E-state index < -0.39 is 0 Å². The molecule has 1 unspecified atom stereocenters. The molecule has 1 aliphatic carbocycles. The van der Waals surface area contributed by atoms with Gasteiger partial charge in [-0.05, 0) is 36.9 Å². The minimum Gasteiger partial charge on any atom is -0.354 e. The van der Waals surface area contributed by atoms with Crippen LogP contribution in [0.15, 0.2) is 24.3 Å². The molecule has 0 bridgehead atoms. The Bertz CT molecular complexity index is 458. The van der Waals surface area contributed by atoms with Crippen LogP contribution in [0.1, 0.15) is 42.9 Å². The van der Waals surface area contributed by atoms with E-state index in [9.17, 15) is 4.79 Å². The number of amides is 1. The summed E-state index contributed by atoms with van der Waals surface area (Å²) in [6.07, 6.45) is 5.65. The lowest BCUT2D eigenvalue weighted by Crippen LogP contribution is -2.40. The Morgan fingerprint density at radius 3 is 2.80 bits per heavy atom. The van der Waals surface area contributed by atoms with Crippen molar-refractivity contribution in [3.05, 3.63) is 35.4 Å². The lowest BCUT2D eigenvalue weighted by Gasteiger charge is -2.27. The first-order chi connectivity index (χ1) is 9.34. The highest BCUT2D eigenvalue weighted by Crippen LogP contribution is 2.25. The topological polar surface area (TPSA) is 41.1 Å². The van der Waals surface area contributed by atoms with Crippen molar-refractivity contribution < 1.29 is 4.79 Å². The maximum Gasteiger partial charge on any atom is 0.223 e. The van der Waals surface area contributed by atoms with Gasteiger partial charge in [-0.25, -0.2) is 0 Å². The van der Waals surface area contributed by atoms with Gasteiger partial charge < -0.3 is 10.6 Å². The van der Waals surface area contributed by atoms with Crippen LogP contribution in [-0.4, -0.2) is 19.0 Å². The Labute approximate surface area is 126 Å². The first kappa shape index (κ1) is 15.3. The molecule has 20 heavy (non-hydrogen) atoms. The van der Waals surface area contributed by atoms with Crippen molar-refractivity contribution in [1.29, 1.82) is 0 Å². The fourth-order valence-electron chi connectivity index (χ4n) is 3.31.